The summed E-state index contributed by atoms with van der Waals surface area (Å²) in [5, 5.41) is 6.50. The molecule has 5 nitrogen and oxygen atoms in total. The Bertz CT molecular complexity index is 384. The zero-order chi connectivity index (χ0) is 14.8. The molecule has 0 saturated heterocycles. The summed E-state index contributed by atoms with van der Waals surface area (Å²) < 4.78 is 5.10. The van der Waals surface area contributed by atoms with Crippen molar-refractivity contribution in [1.82, 2.24) is 9.97 Å². The summed E-state index contributed by atoms with van der Waals surface area (Å²) in [6.45, 7) is 4.86. The lowest BCUT2D eigenvalue weighted by Gasteiger charge is -2.15. The van der Waals surface area contributed by atoms with Crippen LogP contribution < -0.4 is 10.6 Å². The molecule has 5 heteroatoms. The number of aromatic nitrogens is 2. The van der Waals surface area contributed by atoms with Crippen molar-refractivity contribution >= 4 is 11.6 Å². The molecule has 0 spiro atoms. The SMILES string of the molecule is CCCCCCC(C)Nc1cc(NC)nc(COC)n1. The van der Waals surface area contributed by atoms with Gasteiger partial charge in [-0.05, 0) is 13.3 Å². The maximum atomic E-state index is 5.10. The second-order valence-electron chi connectivity index (χ2n) is 5.13. The van der Waals surface area contributed by atoms with Gasteiger partial charge in [0.05, 0.1) is 0 Å². The van der Waals surface area contributed by atoms with Gasteiger partial charge in [0.15, 0.2) is 5.82 Å². The van der Waals surface area contributed by atoms with Crippen molar-refractivity contribution in [3.63, 3.8) is 0 Å². The maximum absolute atomic E-state index is 5.10. The van der Waals surface area contributed by atoms with Crippen molar-refractivity contribution in [3.05, 3.63) is 11.9 Å². The molecule has 1 rings (SSSR count). The van der Waals surface area contributed by atoms with E-state index in [1.807, 2.05) is 13.1 Å². The van der Waals surface area contributed by atoms with Gasteiger partial charge in [0.1, 0.15) is 18.2 Å². The molecule has 0 aliphatic carbocycles. The smallest absolute Gasteiger partial charge is 0.158 e. The molecule has 1 unspecified atom stereocenters. The Balaban J connectivity index is 2.54. The van der Waals surface area contributed by atoms with Crippen LogP contribution in [0.1, 0.15) is 51.8 Å². The summed E-state index contributed by atoms with van der Waals surface area (Å²) in [6.07, 6.45) is 6.33. The quantitative estimate of drug-likeness (QED) is 0.643. The fourth-order valence-corrected chi connectivity index (χ4v) is 2.09. The standard InChI is InChI=1S/C15H28N4O/c1-5-6-7-8-9-12(2)17-14-10-13(16-3)18-15(19-14)11-20-4/h10,12H,5-9,11H2,1-4H3,(H2,16,17,18,19). The van der Waals surface area contributed by atoms with Gasteiger partial charge < -0.3 is 15.4 Å². The molecular formula is C15H28N4O. The Morgan fingerprint density at radius 2 is 1.95 bits per heavy atom. The zero-order valence-corrected chi connectivity index (χ0v) is 13.2. The van der Waals surface area contributed by atoms with Crippen LogP contribution in [0, 0.1) is 0 Å². The Morgan fingerprint density at radius 3 is 2.60 bits per heavy atom. The van der Waals surface area contributed by atoms with E-state index in [0.717, 1.165) is 11.6 Å². The van der Waals surface area contributed by atoms with Gasteiger partial charge >= 0.3 is 0 Å². The van der Waals surface area contributed by atoms with E-state index in [1.165, 1.54) is 32.1 Å². The van der Waals surface area contributed by atoms with E-state index in [1.54, 1.807) is 7.11 Å². The summed E-state index contributed by atoms with van der Waals surface area (Å²) in [5.41, 5.74) is 0. The number of methoxy groups -OCH3 is 1. The van der Waals surface area contributed by atoms with E-state index in [-0.39, 0.29) is 0 Å². The van der Waals surface area contributed by atoms with Crippen molar-refractivity contribution in [3.8, 4) is 0 Å². The van der Waals surface area contributed by atoms with E-state index in [0.29, 0.717) is 18.5 Å². The van der Waals surface area contributed by atoms with Crippen LogP contribution in [0.25, 0.3) is 0 Å². The molecule has 0 aliphatic rings. The van der Waals surface area contributed by atoms with Gasteiger partial charge in [-0.3, -0.25) is 0 Å². The van der Waals surface area contributed by atoms with Crippen molar-refractivity contribution in [1.29, 1.82) is 0 Å². The molecule has 0 amide bonds. The first-order valence-electron chi connectivity index (χ1n) is 7.50. The van der Waals surface area contributed by atoms with E-state index in [2.05, 4.69) is 34.4 Å². The van der Waals surface area contributed by atoms with Crippen LogP contribution in [0.5, 0.6) is 0 Å². The van der Waals surface area contributed by atoms with Crippen molar-refractivity contribution in [2.75, 3.05) is 24.8 Å². The minimum Gasteiger partial charge on any atom is -0.377 e. The van der Waals surface area contributed by atoms with E-state index in [9.17, 15) is 0 Å². The van der Waals surface area contributed by atoms with E-state index >= 15 is 0 Å². The number of nitrogens with one attached hydrogen (secondary N) is 2. The van der Waals surface area contributed by atoms with Crippen LogP contribution in [0.4, 0.5) is 11.6 Å². The fourth-order valence-electron chi connectivity index (χ4n) is 2.09. The molecule has 0 aromatic carbocycles. The highest BCUT2D eigenvalue weighted by Crippen LogP contribution is 2.14. The Hall–Kier alpha value is -1.36. The number of unbranched alkanes of at least 4 members (excludes halogenated alkanes) is 3. The van der Waals surface area contributed by atoms with Gasteiger partial charge in [-0.15, -0.1) is 0 Å². The number of hydrogen-bond acceptors (Lipinski definition) is 5. The van der Waals surface area contributed by atoms with Crippen molar-refractivity contribution in [2.24, 2.45) is 0 Å². The predicted molar refractivity (Wildman–Crippen MR) is 84.1 cm³/mol. The lowest BCUT2D eigenvalue weighted by molar-refractivity contribution is 0.178. The minimum absolute atomic E-state index is 0.418. The molecule has 0 fully saturated rings. The summed E-state index contributed by atoms with van der Waals surface area (Å²) >= 11 is 0. The Kier molecular flexibility index (Phi) is 7.95. The lowest BCUT2D eigenvalue weighted by Crippen LogP contribution is -2.17. The summed E-state index contributed by atoms with van der Waals surface area (Å²) in [6, 6.07) is 2.35. The first-order chi connectivity index (χ1) is 9.69. The Labute approximate surface area is 122 Å². The van der Waals surface area contributed by atoms with Crippen LogP contribution in [0.3, 0.4) is 0 Å². The van der Waals surface area contributed by atoms with Crippen molar-refractivity contribution < 1.29 is 4.74 Å². The van der Waals surface area contributed by atoms with Crippen LogP contribution in [-0.4, -0.2) is 30.2 Å². The molecule has 1 atom stereocenters. The van der Waals surface area contributed by atoms with Gasteiger partial charge in [0.25, 0.3) is 0 Å². The third-order valence-corrected chi connectivity index (χ3v) is 3.19. The van der Waals surface area contributed by atoms with Crippen LogP contribution in [0.15, 0.2) is 6.07 Å². The second-order valence-corrected chi connectivity index (χ2v) is 5.13. The summed E-state index contributed by atoms with van der Waals surface area (Å²) in [4.78, 5) is 8.82. The lowest BCUT2D eigenvalue weighted by atomic mass is 10.1. The highest BCUT2D eigenvalue weighted by Gasteiger charge is 2.07. The largest absolute Gasteiger partial charge is 0.377 e. The van der Waals surface area contributed by atoms with Crippen LogP contribution in [0.2, 0.25) is 0 Å². The molecule has 1 heterocycles. The number of anilines is 2. The van der Waals surface area contributed by atoms with Crippen LogP contribution in [-0.2, 0) is 11.3 Å². The molecule has 0 radical (unpaired) electrons. The van der Waals surface area contributed by atoms with E-state index < -0.39 is 0 Å². The van der Waals surface area contributed by atoms with Crippen LogP contribution >= 0.6 is 0 Å². The van der Waals surface area contributed by atoms with Crippen molar-refractivity contribution in [2.45, 2.75) is 58.6 Å². The van der Waals surface area contributed by atoms with Gasteiger partial charge in [-0.2, -0.15) is 0 Å². The number of nitrogens with zero attached hydrogens (tertiary/aromatic N) is 2. The molecule has 1 aromatic heterocycles. The monoisotopic (exact) mass is 280 g/mol. The normalized spacial score (nSPS) is 12.2. The average molecular weight is 280 g/mol. The molecule has 2 N–H and O–H groups in total. The minimum atomic E-state index is 0.418. The maximum Gasteiger partial charge on any atom is 0.158 e. The van der Waals surface area contributed by atoms with Gasteiger partial charge in [-0.25, -0.2) is 9.97 Å². The Morgan fingerprint density at radius 1 is 1.20 bits per heavy atom. The molecule has 0 bridgehead atoms. The first kappa shape index (κ1) is 16.7. The van der Waals surface area contributed by atoms with Gasteiger partial charge in [0, 0.05) is 26.3 Å². The summed E-state index contributed by atoms with van der Waals surface area (Å²) in [7, 11) is 3.51. The second kappa shape index (κ2) is 9.53. The molecule has 20 heavy (non-hydrogen) atoms. The first-order valence-corrected chi connectivity index (χ1v) is 7.50. The summed E-state index contributed by atoms with van der Waals surface area (Å²) in [5.74, 6) is 2.37. The third kappa shape index (κ3) is 6.19. The topological polar surface area (TPSA) is 59.1 Å². The molecule has 114 valence electrons. The number of ether oxygens (including phenoxy) is 1. The number of rotatable bonds is 10. The molecular weight excluding hydrogens is 252 g/mol. The van der Waals surface area contributed by atoms with Gasteiger partial charge in [0.2, 0.25) is 0 Å². The highest BCUT2D eigenvalue weighted by molar-refractivity contribution is 5.47. The van der Waals surface area contributed by atoms with E-state index in [4.69, 9.17) is 4.74 Å². The zero-order valence-electron chi connectivity index (χ0n) is 13.2. The highest BCUT2D eigenvalue weighted by atomic mass is 16.5. The third-order valence-electron chi connectivity index (χ3n) is 3.19. The molecule has 1 aromatic rings. The molecule has 0 aliphatic heterocycles. The van der Waals surface area contributed by atoms with Gasteiger partial charge in [-0.1, -0.05) is 32.6 Å². The average Bonchev–Trinajstić information content (AvgIpc) is 2.43. The number of hydrogen-bond donors (Lipinski definition) is 2. The molecule has 0 saturated carbocycles. The fraction of sp³-hybridized carbons (Fsp3) is 0.733. The predicted octanol–water partition coefficient (Wildman–Crippen LogP) is 3.44.